The van der Waals surface area contributed by atoms with Gasteiger partial charge in [0.15, 0.2) is 5.96 Å². The summed E-state index contributed by atoms with van der Waals surface area (Å²) in [6.07, 6.45) is 1.71. The molecule has 7 nitrogen and oxygen atoms in total. The minimum Gasteiger partial charge on any atom is -0.494 e. The maximum absolute atomic E-state index is 6.00. The van der Waals surface area contributed by atoms with Gasteiger partial charge < -0.3 is 25.3 Å². The molecule has 1 aromatic carbocycles. The number of methoxy groups -OCH3 is 1. The van der Waals surface area contributed by atoms with Crippen LogP contribution in [0.1, 0.15) is 19.4 Å². The number of nitrogens with two attached hydrogens (primary N) is 1. The largest absolute Gasteiger partial charge is 0.494 e. The molecule has 142 valence electrons. The molecule has 0 atom stereocenters. The van der Waals surface area contributed by atoms with Crippen molar-refractivity contribution in [2.75, 3.05) is 25.6 Å². The molecule has 1 aromatic heterocycles. The molecule has 0 aliphatic rings. The fourth-order valence-corrected chi connectivity index (χ4v) is 2.12. The topological polar surface area (TPSA) is 91.0 Å². The smallest absolute Gasteiger partial charge is 0.212 e. The van der Waals surface area contributed by atoms with Crippen molar-refractivity contribution in [3.63, 3.8) is 0 Å². The lowest BCUT2D eigenvalue weighted by molar-refractivity contribution is 0.332. The van der Waals surface area contributed by atoms with Crippen LogP contribution in [0.4, 0.5) is 5.69 Å². The van der Waals surface area contributed by atoms with Crippen LogP contribution in [0.15, 0.2) is 41.5 Å². The molecule has 0 aliphatic heterocycles. The number of halogens is 1. The van der Waals surface area contributed by atoms with Crippen molar-refractivity contribution in [3.05, 3.63) is 42.1 Å². The summed E-state index contributed by atoms with van der Waals surface area (Å²) in [5, 5.41) is 3.06. The maximum Gasteiger partial charge on any atom is 0.212 e. The molecule has 0 fully saturated rings. The van der Waals surface area contributed by atoms with Crippen molar-refractivity contribution in [2.24, 2.45) is 10.7 Å². The van der Waals surface area contributed by atoms with E-state index in [1.807, 2.05) is 38.1 Å². The number of pyridine rings is 1. The standard InChI is InChI=1S/C18H24N4O3.HI/c1-4-24-14-7-8-16(25-5-2)15(10-14)22-18(19)21-12-13-6-9-17(23-3)20-11-13;/h6-11H,4-5,12H2,1-3H3,(H3,19,21,22);1H. The van der Waals surface area contributed by atoms with Gasteiger partial charge in [-0.3, -0.25) is 0 Å². The second-order valence-electron chi connectivity index (χ2n) is 5.06. The van der Waals surface area contributed by atoms with Gasteiger partial charge in [0.2, 0.25) is 5.88 Å². The first-order chi connectivity index (χ1) is 12.2. The Kier molecular flexibility index (Phi) is 9.56. The minimum atomic E-state index is 0. The third-order valence-electron chi connectivity index (χ3n) is 3.26. The van der Waals surface area contributed by atoms with Gasteiger partial charge in [-0.1, -0.05) is 6.07 Å². The van der Waals surface area contributed by atoms with Gasteiger partial charge in [0.05, 0.1) is 32.6 Å². The van der Waals surface area contributed by atoms with Crippen LogP contribution in [0.25, 0.3) is 0 Å². The fourth-order valence-electron chi connectivity index (χ4n) is 2.12. The molecule has 2 rings (SSSR count). The second kappa shape index (κ2) is 11.4. The van der Waals surface area contributed by atoms with E-state index in [1.165, 1.54) is 0 Å². The van der Waals surface area contributed by atoms with Gasteiger partial charge in [-0.25, -0.2) is 9.98 Å². The molecule has 0 saturated heterocycles. The Morgan fingerprint density at radius 3 is 2.54 bits per heavy atom. The number of nitrogens with one attached hydrogen (secondary N) is 1. The van der Waals surface area contributed by atoms with Crippen LogP contribution in [0, 0.1) is 0 Å². The first kappa shape index (κ1) is 21.8. The molecule has 0 spiro atoms. The van der Waals surface area contributed by atoms with Crippen molar-refractivity contribution in [3.8, 4) is 17.4 Å². The lowest BCUT2D eigenvalue weighted by atomic mass is 10.2. The number of rotatable bonds is 8. The van der Waals surface area contributed by atoms with Crippen LogP contribution in [0.3, 0.4) is 0 Å². The van der Waals surface area contributed by atoms with Crippen LogP contribution >= 0.6 is 24.0 Å². The van der Waals surface area contributed by atoms with Crippen LogP contribution in [0.2, 0.25) is 0 Å². The summed E-state index contributed by atoms with van der Waals surface area (Å²) in [6, 6.07) is 9.22. The molecule has 0 aliphatic carbocycles. The van der Waals surface area contributed by atoms with Gasteiger partial charge in [0, 0.05) is 18.3 Å². The first-order valence-corrected chi connectivity index (χ1v) is 8.11. The van der Waals surface area contributed by atoms with Crippen molar-refractivity contribution in [1.82, 2.24) is 4.98 Å². The van der Waals surface area contributed by atoms with E-state index in [0.29, 0.717) is 37.1 Å². The Morgan fingerprint density at radius 1 is 1.15 bits per heavy atom. The Bertz CT molecular complexity index is 708. The van der Waals surface area contributed by atoms with Crippen LogP contribution in [-0.4, -0.2) is 31.3 Å². The summed E-state index contributed by atoms with van der Waals surface area (Å²) < 4.78 is 16.2. The van der Waals surface area contributed by atoms with Gasteiger partial charge >= 0.3 is 0 Å². The number of ether oxygens (including phenoxy) is 3. The quantitative estimate of drug-likeness (QED) is 0.348. The molecular weight excluding hydrogens is 447 g/mol. The third-order valence-corrected chi connectivity index (χ3v) is 3.26. The monoisotopic (exact) mass is 472 g/mol. The van der Waals surface area contributed by atoms with E-state index < -0.39 is 0 Å². The molecule has 0 saturated carbocycles. The number of anilines is 1. The van der Waals surface area contributed by atoms with Gasteiger partial charge in [-0.2, -0.15) is 0 Å². The van der Waals surface area contributed by atoms with Gasteiger partial charge in [0.25, 0.3) is 0 Å². The number of benzene rings is 1. The van der Waals surface area contributed by atoms with E-state index in [-0.39, 0.29) is 29.9 Å². The minimum absolute atomic E-state index is 0. The van der Waals surface area contributed by atoms with Gasteiger partial charge in [0.1, 0.15) is 11.5 Å². The summed E-state index contributed by atoms with van der Waals surface area (Å²) in [6.45, 7) is 5.40. The Balaban J connectivity index is 0.00000338. The molecule has 0 unspecified atom stereocenters. The number of aliphatic imine (C=N–C) groups is 1. The Morgan fingerprint density at radius 2 is 1.92 bits per heavy atom. The molecular formula is C18H25IN4O3. The zero-order valence-corrected chi connectivity index (χ0v) is 17.5. The van der Waals surface area contributed by atoms with E-state index in [4.69, 9.17) is 19.9 Å². The van der Waals surface area contributed by atoms with Gasteiger partial charge in [-0.15, -0.1) is 24.0 Å². The predicted molar refractivity (Wildman–Crippen MR) is 114 cm³/mol. The summed E-state index contributed by atoms with van der Waals surface area (Å²) >= 11 is 0. The zero-order chi connectivity index (χ0) is 18.1. The van der Waals surface area contributed by atoms with Crippen molar-refractivity contribution in [1.29, 1.82) is 0 Å². The maximum atomic E-state index is 6.00. The number of aromatic nitrogens is 1. The molecule has 0 amide bonds. The highest BCUT2D eigenvalue weighted by molar-refractivity contribution is 14.0. The predicted octanol–water partition coefficient (Wildman–Crippen LogP) is 3.43. The summed E-state index contributed by atoms with van der Waals surface area (Å²) in [4.78, 5) is 8.47. The molecule has 3 N–H and O–H groups in total. The average molecular weight is 472 g/mol. The van der Waals surface area contributed by atoms with E-state index in [2.05, 4.69) is 15.3 Å². The lowest BCUT2D eigenvalue weighted by Crippen LogP contribution is -2.23. The first-order valence-electron chi connectivity index (χ1n) is 8.11. The number of guanidine groups is 1. The van der Waals surface area contributed by atoms with Crippen LogP contribution in [-0.2, 0) is 6.54 Å². The average Bonchev–Trinajstić information content (AvgIpc) is 2.63. The summed E-state index contributed by atoms with van der Waals surface area (Å²) in [7, 11) is 1.58. The molecule has 8 heteroatoms. The number of nitrogens with zero attached hydrogens (tertiary/aromatic N) is 2. The van der Waals surface area contributed by atoms with Crippen molar-refractivity contribution in [2.45, 2.75) is 20.4 Å². The molecule has 1 heterocycles. The van der Waals surface area contributed by atoms with Crippen molar-refractivity contribution < 1.29 is 14.2 Å². The van der Waals surface area contributed by atoms with E-state index in [0.717, 1.165) is 11.3 Å². The summed E-state index contributed by atoms with van der Waals surface area (Å²) in [5.74, 6) is 2.27. The number of hydrogen-bond donors (Lipinski definition) is 2. The van der Waals surface area contributed by atoms with Crippen molar-refractivity contribution >= 4 is 35.6 Å². The molecule has 0 bridgehead atoms. The highest BCUT2D eigenvalue weighted by atomic mass is 127. The Hall–Kier alpha value is -2.23. The lowest BCUT2D eigenvalue weighted by Gasteiger charge is -2.14. The molecule has 0 radical (unpaired) electrons. The normalized spacial score (nSPS) is 10.7. The third kappa shape index (κ3) is 6.58. The zero-order valence-electron chi connectivity index (χ0n) is 15.2. The summed E-state index contributed by atoms with van der Waals surface area (Å²) in [5.41, 5.74) is 7.64. The Labute approximate surface area is 171 Å². The van der Waals surface area contributed by atoms with Gasteiger partial charge in [-0.05, 0) is 31.5 Å². The SMILES string of the molecule is CCOc1ccc(OCC)c(NC(N)=NCc2ccc(OC)nc2)c1.I. The highest BCUT2D eigenvalue weighted by Gasteiger charge is 2.07. The number of hydrogen-bond acceptors (Lipinski definition) is 5. The molecule has 2 aromatic rings. The van der Waals surface area contributed by atoms with E-state index >= 15 is 0 Å². The van der Waals surface area contributed by atoms with E-state index in [9.17, 15) is 0 Å². The second-order valence-corrected chi connectivity index (χ2v) is 5.06. The van der Waals surface area contributed by atoms with Crippen LogP contribution in [0.5, 0.6) is 17.4 Å². The molecule has 26 heavy (non-hydrogen) atoms. The highest BCUT2D eigenvalue weighted by Crippen LogP contribution is 2.29. The van der Waals surface area contributed by atoms with Crippen LogP contribution < -0.4 is 25.3 Å². The van der Waals surface area contributed by atoms with E-state index in [1.54, 1.807) is 19.4 Å². The fraction of sp³-hybridized carbons (Fsp3) is 0.333.